The van der Waals surface area contributed by atoms with Crippen molar-refractivity contribution in [2.45, 2.75) is 37.5 Å². The number of anilines is 9. The first-order valence-electron chi connectivity index (χ1n) is 25.0. The third-order valence-corrected chi connectivity index (χ3v) is 17.1. The van der Waals surface area contributed by atoms with Gasteiger partial charge < -0.3 is 14.7 Å². The lowest BCUT2D eigenvalue weighted by Gasteiger charge is -2.64. The summed E-state index contributed by atoms with van der Waals surface area (Å²) in [5, 5.41) is 0. The van der Waals surface area contributed by atoms with Gasteiger partial charge in [0.1, 0.15) is 0 Å². The second kappa shape index (κ2) is 14.7. The Kier molecular flexibility index (Phi) is 8.34. The van der Waals surface area contributed by atoms with Gasteiger partial charge in [-0.15, -0.1) is 0 Å². The predicted octanol–water partition coefficient (Wildman–Crippen LogP) is 14.6. The number of fused-ring (bicyclic) bond motifs is 6. The zero-order valence-electron chi connectivity index (χ0n) is 38.0. The van der Waals surface area contributed by atoms with Gasteiger partial charge in [-0.2, -0.15) is 0 Å². The summed E-state index contributed by atoms with van der Waals surface area (Å²) in [6.45, 7) is 0.00788. The number of rotatable bonds is 6. The van der Waals surface area contributed by atoms with Gasteiger partial charge in [-0.25, -0.2) is 0 Å². The maximum absolute atomic E-state index is 2.74. The van der Waals surface area contributed by atoms with E-state index in [-0.39, 0.29) is 12.1 Å². The minimum absolute atomic E-state index is 0.00277. The van der Waals surface area contributed by atoms with Gasteiger partial charge in [0, 0.05) is 45.2 Å². The van der Waals surface area contributed by atoms with Crippen LogP contribution in [0, 0.1) is 23.7 Å². The molecule has 0 N–H and O–H groups in total. The highest BCUT2D eigenvalue weighted by Crippen LogP contribution is 2.70. The molecule has 0 saturated heterocycles. The van der Waals surface area contributed by atoms with Gasteiger partial charge in [0.25, 0.3) is 6.71 Å². The molecule has 1 spiro atoms. The van der Waals surface area contributed by atoms with Crippen molar-refractivity contribution < 1.29 is 0 Å². The van der Waals surface area contributed by atoms with Gasteiger partial charge in [-0.3, -0.25) is 0 Å². The van der Waals surface area contributed by atoms with E-state index in [2.05, 4.69) is 233 Å². The monoisotopic (exact) mass is 871 g/mol. The average molecular weight is 872 g/mol. The zero-order valence-corrected chi connectivity index (χ0v) is 38.0. The van der Waals surface area contributed by atoms with Gasteiger partial charge in [0.15, 0.2) is 0 Å². The number of hydrogen-bond donors (Lipinski definition) is 0. The molecule has 4 heteroatoms. The van der Waals surface area contributed by atoms with Crippen molar-refractivity contribution in [3.8, 4) is 22.3 Å². The molecule has 0 amide bonds. The molecule has 4 bridgehead atoms. The molecule has 9 aromatic rings. The highest BCUT2D eigenvalue weighted by Gasteiger charge is 2.62. The summed E-state index contributed by atoms with van der Waals surface area (Å²) >= 11 is 0. The number of para-hydroxylation sites is 4. The van der Waals surface area contributed by atoms with Crippen molar-refractivity contribution in [1.82, 2.24) is 0 Å². The lowest BCUT2D eigenvalue weighted by molar-refractivity contribution is -0.0419. The van der Waals surface area contributed by atoms with E-state index >= 15 is 0 Å². The molecule has 0 radical (unpaired) electrons. The van der Waals surface area contributed by atoms with Crippen molar-refractivity contribution >= 4 is 74.3 Å². The van der Waals surface area contributed by atoms with Crippen LogP contribution in [0.25, 0.3) is 22.3 Å². The third-order valence-electron chi connectivity index (χ3n) is 17.1. The molecule has 3 aliphatic heterocycles. The second-order valence-corrected chi connectivity index (χ2v) is 20.5. The van der Waals surface area contributed by atoms with E-state index < -0.39 is 0 Å². The van der Waals surface area contributed by atoms with Crippen LogP contribution in [0.4, 0.5) is 51.2 Å². The minimum atomic E-state index is -0.00277. The maximum atomic E-state index is 2.74. The quantitative estimate of drug-likeness (QED) is 0.154. The second-order valence-electron chi connectivity index (χ2n) is 20.5. The van der Waals surface area contributed by atoms with Crippen LogP contribution in [0.1, 0.15) is 43.2 Å². The Morgan fingerprint density at radius 1 is 0.382 bits per heavy atom. The Morgan fingerprint density at radius 2 is 0.926 bits per heavy atom. The molecule has 0 atom stereocenters. The van der Waals surface area contributed by atoms with Gasteiger partial charge >= 0.3 is 0 Å². The van der Waals surface area contributed by atoms with Crippen molar-refractivity contribution in [1.29, 1.82) is 0 Å². The Hall–Kier alpha value is -7.56. The molecule has 0 unspecified atom stereocenters. The van der Waals surface area contributed by atoms with Crippen molar-refractivity contribution in [3.05, 3.63) is 230 Å². The average Bonchev–Trinajstić information content (AvgIpc) is 3.40. The van der Waals surface area contributed by atoms with Crippen LogP contribution in [0.5, 0.6) is 0 Å². The van der Waals surface area contributed by atoms with Crippen LogP contribution in [0.2, 0.25) is 0 Å². The molecule has 4 aliphatic carbocycles. The first-order chi connectivity index (χ1) is 33.7. The molecule has 3 heterocycles. The van der Waals surface area contributed by atoms with E-state index in [4.69, 9.17) is 0 Å². The highest BCUT2D eigenvalue weighted by molar-refractivity contribution is 7.00. The normalized spacial score (nSPS) is 21.8. The summed E-state index contributed by atoms with van der Waals surface area (Å²) in [4.78, 5) is 7.80. The molecular weight excluding hydrogens is 822 g/mol. The molecule has 9 aromatic carbocycles. The third kappa shape index (κ3) is 5.43. The molecule has 3 nitrogen and oxygen atoms in total. The SMILES string of the molecule is c1ccc(-c2cccc(N3c4ccc(-c5ccccc5)cc4B4c5cccc6c5N(c5ccccc5C65C6CC7CC(C6)CC5C7)c5cc(N(c6ccccc6)c6ccccc6)cc3c54)c2)cc1. The summed E-state index contributed by atoms with van der Waals surface area (Å²) in [5.74, 6) is 3.04. The molecule has 4 saturated carbocycles. The molecule has 324 valence electrons. The van der Waals surface area contributed by atoms with E-state index in [9.17, 15) is 0 Å². The Bertz CT molecular complexity index is 3370. The summed E-state index contributed by atoms with van der Waals surface area (Å²) < 4.78 is 0. The summed E-state index contributed by atoms with van der Waals surface area (Å²) in [6.07, 6.45) is 6.84. The smallest absolute Gasteiger partial charge is 0.252 e. The first kappa shape index (κ1) is 38.5. The fraction of sp³-hybridized carbons (Fsp3) is 0.156. The summed E-state index contributed by atoms with van der Waals surface area (Å²) in [5.41, 5.74) is 23.2. The largest absolute Gasteiger partial charge is 0.311 e. The van der Waals surface area contributed by atoms with Crippen LogP contribution in [0.15, 0.2) is 218 Å². The van der Waals surface area contributed by atoms with E-state index in [0.29, 0.717) is 11.8 Å². The Labute approximate surface area is 400 Å². The molecular formula is C64H50BN3. The zero-order chi connectivity index (χ0) is 44.5. The van der Waals surface area contributed by atoms with E-state index in [1.165, 1.54) is 99.2 Å². The Morgan fingerprint density at radius 3 is 1.59 bits per heavy atom. The Balaban J connectivity index is 1.06. The van der Waals surface area contributed by atoms with Gasteiger partial charge in [-0.05, 0) is 166 Å². The van der Waals surface area contributed by atoms with E-state index in [1.807, 2.05) is 0 Å². The summed E-state index contributed by atoms with van der Waals surface area (Å²) in [6, 6.07) is 82.5. The number of benzene rings is 9. The van der Waals surface area contributed by atoms with Crippen LogP contribution in [-0.4, -0.2) is 6.71 Å². The van der Waals surface area contributed by atoms with Crippen molar-refractivity contribution in [3.63, 3.8) is 0 Å². The van der Waals surface area contributed by atoms with E-state index in [1.54, 1.807) is 11.1 Å². The molecule has 68 heavy (non-hydrogen) atoms. The minimum Gasteiger partial charge on any atom is -0.311 e. The lowest BCUT2D eigenvalue weighted by Crippen LogP contribution is -2.64. The predicted molar refractivity (Wildman–Crippen MR) is 284 cm³/mol. The fourth-order valence-corrected chi connectivity index (χ4v) is 14.9. The maximum Gasteiger partial charge on any atom is 0.252 e. The van der Waals surface area contributed by atoms with Crippen LogP contribution >= 0.6 is 0 Å². The first-order valence-corrected chi connectivity index (χ1v) is 25.0. The van der Waals surface area contributed by atoms with E-state index in [0.717, 1.165) is 34.6 Å². The van der Waals surface area contributed by atoms with Gasteiger partial charge in [0.2, 0.25) is 0 Å². The fourth-order valence-electron chi connectivity index (χ4n) is 14.9. The lowest BCUT2D eigenvalue weighted by atomic mass is 9.32. The van der Waals surface area contributed by atoms with Gasteiger partial charge in [-0.1, -0.05) is 158 Å². The van der Waals surface area contributed by atoms with Crippen molar-refractivity contribution in [2.75, 3.05) is 14.7 Å². The molecule has 7 aliphatic rings. The van der Waals surface area contributed by atoms with Crippen molar-refractivity contribution in [2.24, 2.45) is 23.7 Å². The summed E-state index contributed by atoms with van der Waals surface area (Å²) in [7, 11) is 0. The molecule has 16 rings (SSSR count). The molecule has 0 aromatic heterocycles. The highest BCUT2D eigenvalue weighted by atomic mass is 15.2. The van der Waals surface area contributed by atoms with Gasteiger partial charge in [0.05, 0.1) is 11.4 Å². The standard InChI is InChI=1S/C64H50BN3/c1-5-17-44(18-6-1)46-21-15-26-52(38-46)67-59-32-31-47(45-19-7-2-8-20-45)39-57(59)65-56-29-16-28-55-63(56)68(58-30-14-13-27-54(58)64(55)48-34-42-33-43(36-48)37-49(64)35-42)61-41-53(40-60(67)62(61)65)66(50-22-9-3-10-23-50)51-24-11-4-12-25-51/h1-32,38-43,48-49H,33-37H2. The molecule has 4 fully saturated rings. The number of hydrogen-bond acceptors (Lipinski definition) is 3. The van der Waals surface area contributed by atoms with Crippen LogP contribution in [0.3, 0.4) is 0 Å². The van der Waals surface area contributed by atoms with Crippen LogP contribution in [-0.2, 0) is 5.41 Å². The van der Waals surface area contributed by atoms with Crippen LogP contribution < -0.4 is 31.1 Å². The number of nitrogens with zero attached hydrogens (tertiary/aromatic N) is 3. The topological polar surface area (TPSA) is 9.72 Å².